The first-order chi connectivity index (χ1) is 10.3. The van der Waals surface area contributed by atoms with Gasteiger partial charge in [0.1, 0.15) is 0 Å². The van der Waals surface area contributed by atoms with E-state index >= 15 is 0 Å². The SMILES string of the molecule is Clc1cccc2ccn(Cc3cccc4cccnc34)c12. The van der Waals surface area contributed by atoms with Crippen molar-refractivity contribution in [1.29, 1.82) is 0 Å². The highest BCUT2D eigenvalue weighted by atomic mass is 35.5. The van der Waals surface area contributed by atoms with Crippen LogP contribution >= 0.6 is 11.6 Å². The number of hydrogen-bond donors (Lipinski definition) is 0. The summed E-state index contributed by atoms with van der Waals surface area (Å²) in [6, 6.07) is 18.4. The molecule has 2 aromatic carbocycles. The van der Waals surface area contributed by atoms with Crippen LogP contribution < -0.4 is 0 Å². The molecule has 0 bridgehead atoms. The predicted molar refractivity (Wildman–Crippen MR) is 87.8 cm³/mol. The zero-order valence-electron chi connectivity index (χ0n) is 11.3. The molecule has 0 radical (unpaired) electrons. The topological polar surface area (TPSA) is 17.8 Å². The first-order valence-corrected chi connectivity index (χ1v) is 7.27. The molecule has 0 unspecified atom stereocenters. The zero-order valence-corrected chi connectivity index (χ0v) is 12.1. The van der Waals surface area contributed by atoms with E-state index in [0.29, 0.717) is 0 Å². The third-order valence-electron chi connectivity index (χ3n) is 3.80. The standard InChI is InChI=1S/C18H13ClN2/c19-16-8-2-5-14-9-11-21(18(14)16)12-15-6-1-4-13-7-3-10-20-17(13)15/h1-11H,12H2. The van der Waals surface area contributed by atoms with Gasteiger partial charge < -0.3 is 4.57 Å². The molecule has 0 aliphatic carbocycles. The Labute approximate surface area is 127 Å². The van der Waals surface area contributed by atoms with E-state index in [1.807, 2.05) is 24.4 Å². The molecule has 0 saturated heterocycles. The summed E-state index contributed by atoms with van der Waals surface area (Å²) >= 11 is 6.35. The highest BCUT2D eigenvalue weighted by molar-refractivity contribution is 6.35. The van der Waals surface area contributed by atoms with E-state index < -0.39 is 0 Å². The van der Waals surface area contributed by atoms with Gasteiger partial charge in [-0.3, -0.25) is 4.98 Å². The molecule has 0 atom stereocenters. The summed E-state index contributed by atoms with van der Waals surface area (Å²) in [5.74, 6) is 0. The molecule has 0 amide bonds. The Hall–Kier alpha value is -2.32. The molecule has 3 heteroatoms. The van der Waals surface area contributed by atoms with E-state index in [2.05, 4.69) is 52.1 Å². The highest BCUT2D eigenvalue weighted by Crippen LogP contribution is 2.26. The molecule has 2 nitrogen and oxygen atoms in total. The number of aromatic nitrogens is 2. The lowest BCUT2D eigenvalue weighted by atomic mass is 10.1. The Balaban J connectivity index is 1.87. The maximum Gasteiger partial charge on any atom is 0.0751 e. The highest BCUT2D eigenvalue weighted by Gasteiger charge is 2.07. The van der Waals surface area contributed by atoms with Gasteiger partial charge in [0.25, 0.3) is 0 Å². The molecule has 2 aromatic heterocycles. The average molecular weight is 293 g/mol. The van der Waals surface area contributed by atoms with Gasteiger partial charge in [-0.15, -0.1) is 0 Å². The van der Waals surface area contributed by atoms with E-state index in [1.54, 1.807) is 0 Å². The molecule has 0 saturated carbocycles. The van der Waals surface area contributed by atoms with Crippen molar-refractivity contribution in [3.05, 3.63) is 77.6 Å². The summed E-state index contributed by atoms with van der Waals surface area (Å²) < 4.78 is 2.18. The van der Waals surface area contributed by atoms with Crippen LogP contribution in [0.25, 0.3) is 21.8 Å². The molecule has 102 valence electrons. The molecular formula is C18H13ClN2. The molecule has 0 aliphatic heterocycles. The largest absolute Gasteiger partial charge is 0.342 e. The minimum absolute atomic E-state index is 0.765. The summed E-state index contributed by atoms with van der Waals surface area (Å²) in [4.78, 5) is 4.52. The Morgan fingerprint density at radius 1 is 0.905 bits per heavy atom. The Morgan fingerprint density at radius 2 is 1.71 bits per heavy atom. The van der Waals surface area contributed by atoms with Crippen LogP contribution in [0.5, 0.6) is 0 Å². The maximum atomic E-state index is 6.35. The van der Waals surface area contributed by atoms with Crippen molar-refractivity contribution < 1.29 is 0 Å². The van der Waals surface area contributed by atoms with Gasteiger partial charge >= 0.3 is 0 Å². The number of benzene rings is 2. The van der Waals surface area contributed by atoms with E-state index in [4.69, 9.17) is 11.6 Å². The van der Waals surface area contributed by atoms with Gasteiger partial charge in [-0.25, -0.2) is 0 Å². The lowest BCUT2D eigenvalue weighted by Crippen LogP contribution is -1.99. The number of pyridine rings is 1. The normalized spacial score (nSPS) is 11.3. The van der Waals surface area contributed by atoms with Crippen molar-refractivity contribution in [2.45, 2.75) is 6.54 Å². The second-order valence-electron chi connectivity index (χ2n) is 5.11. The fraction of sp³-hybridized carbons (Fsp3) is 0.0556. The molecule has 4 rings (SSSR count). The van der Waals surface area contributed by atoms with E-state index in [-0.39, 0.29) is 0 Å². The van der Waals surface area contributed by atoms with Crippen LogP contribution in [-0.4, -0.2) is 9.55 Å². The van der Waals surface area contributed by atoms with E-state index in [0.717, 1.165) is 33.4 Å². The third kappa shape index (κ3) is 2.08. The number of para-hydroxylation sites is 2. The third-order valence-corrected chi connectivity index (χ3v) is 4.10. The van der Waals surface area contributed by atoms with Crippen LogP contribution in [0.1, 0.15) is 5.56 Å². The Kier molecular flexibility index (Phi) is 2.90. The molecular weight excluding hydrogens is 280 g/mol. The van der Waals surface area contributed by atoms with Crippen molar-refractivity contribution in [2.75, 3.05) is 0 Å². The first-order valence-electron chi connectivity index (χ1n) is 6.89. The molecule has 0 spiro atoms. The number of fused-ring (bicyclic) bond motifs is 2. The molecule has 2 heterocycles. The zero-order chi connectivity index (χ0) is 14.2. The van der Waals surface area contributed by atoms with E-state index in [1.165, 1.54) is 5.56 Å². The van der Waals surface area contributed by atoms with Gasteiger partial charge in [-0.2, -0.15) is 0 Å². The van der Waals surface area contributed by atoms with Crippen LogP contribution in [0.4, 0.5) is 0 Å². The first kappa shape index (κ1) is 12.4. The molecule has 4 aromatic rings. The van der Waals surface area contributed by atoms with Gasteiger partial charge in [0.2, 0.25) is 0 Å². The van der Waals surface area contributed by atoms with Crippen LogP contribution in [0.2, 0.25) is 5.02 Å². The Morgan fingerprint density at radius 3 is 2.67 bits per heavy atom. The summed E-state index contributed by atoms with van der Waals surface area (Å²) in [5, 5.41) is 3.11. The predicted octanol–water partition coefficient (Wildman–Crippen LogP) is 4.89. The maximum absolute atomic E-state index is 6.35. The van der Waals surface area contributed by atoms with E-state index in [9.17, 15) is 0 Å². The van der Waals surface area contributed by atoms with Crippen molar-refractivity contribution in [1.82, 2.24) is 9.55 Å². The van der Waals surface area contributed by atoms with Crippen molar-refractivity contribution in [3.63, 3.8) is 0 Å². The molecule has 0 N–H and O–H groups in total. The lowest BCUT2D eigenvalue weighted by molar-refractivity contribution is 0.841. The second-order valence-corrected chi connectivity index (χ2v) is 5.52. The number of nitrogens with zero attached hydrogens (tertiary/aromatic N) is 2. The number of rotatable bonds is 2. The fourth-order valence-corrected chi connectivity index (χ4v) is 3.12. The van der Waals surface area contributed by atoms with Crippen molar-refractivity contribution in [3.8, 4) is 0 Å². The smallest absolute Gasteiger partial charge is 0.0751 e. The second kappa shape index (κ2) is 4.90. The Bertz CT molecular complexity index is 935. The van der Waals surface area contributed by atoms with Gasteiger partial charge in [0, 0.05) is 29.7 Å². The molecule has 0 fully saturated rings. The minimum Gasteiger partial charge on any atom is -0.342 e. The summed E-state index contributed by atoms with van der Waals surface area (Å²) in [7, 11) is 0. The van der Waals surface area contributed by atoms with Crippen LogP contribution in [0.3, 0.4) is 0 Å². The summed E-state index contributed by atoms with van der Waals surface area (Å²) in [6.45, 7) is 0.765. The lowest BCUT2D eigenvalue weighted by Gasteiger charge is -2.09. The number of hydrogen-bond acceptors (Lipinski definition) is 1. The van der Waals surface area contributed by atoms with Gasteiger partial charge in [-0.05, 0) is 23.8 Å². The fourth-order valence-electron chi connectivity index (χ4n) is 2.82. The van der Waals surface area contributed by atoms with Crippen molar-refractivity contribution >= 4 is 33.4 Å². The van der Waals surface area contributed by atoms with Gasteiger partial charge in [-0.1, -0.05) is 48.0 Å². The van der Waals surface area contributed by atoms with Crippen LogP contribution in [0.15, 0.2) is 67.0 Å². The molecule has 21 heavy (non-hydrogen) atoms. The minimum atomic E-state index is 0.765. The average Bonchev–Trinajstić information content (AvgIpc) is 2.92. The van der Waals surface area contributed by atoms with Crippen LogP contribution in [-0.2, 0) is 6.54 Å². The summed E-state index contributed by atoms with van der Waals surface area (Å²) in [6.07, 6.45) is 3.92. The van der Waals surface area contributed by atoms with Crippen molar-refractivity contribution in [2.24, 2.45) is 0 Å². The van der Waals surface area contributed by atoms with Gasteiger partial charge in [0.15, 0.2) is 0 Å². The quantitative estimate of drug-likeness (QED) is 0.514. The number of halogens is 1. The molecule has 0 aliphatic rings. The monoisotopic (exact) mass is 292 g/mol. The summed E-state index contributed by atoms with van der Waals surface area (Å²) in [5.41, 5.74) is 3.33. The van der Waals surface area contributed by atoms with Crippen LogP contribution in [0, 0.1) is 0 Å². The van der Waals surface area contributed by atoms with Gasteiger partial charge in [0.05, 0.1) is 16.1 Å².